The number of aliphatic imine (C=N–C) groups is 1. The summed E-state index contributed by atoms with van der Waals surface area (Å²) in [5, 5.41) is 6.92. The summed E-state index contributed by atoms with van der Waals surface area (Å²) in [5.41, 5.74) is 0.906. The number of amides is 1. The first-order valence-electron chi connectivity index (χ1n) is 8.02. The van der Waals surface area contributed by atoms with Gasteiger partial charge in [0.05, 0.1) is 21.6 Å². The Morgan fingerprint density at radius 3 is 2.82 bits per heavy atom. The monoisotopic (exact) mass is 333 g/mol. The van der Waals surface area contributed by atoms with Crippen LogP contribution in [-0.4, -0.2) is 22.1 Å². The van der Waals surface area contributed by atoms with Gasteiger partial charge in [-0.25, -0.2) is 4.98 Å². The fourth-order valence-corrected chi connectivity index (χ4v) is 4.71. The molecule has 0 radical (unpaired) electrons. The van der Waals surface area contributed by atoms with Gasteiger partial charge in [-0.15, -0.1) is 11.3 Å². The summed E-state index contributed by atoms with van der Waals surface area (Å²) in [4.78, 5) is 22.1. The van der Waals surface area contributed by atoms with Gasteiger partial charge in [-0.1, -0.05) is 19.3 Å². The van der Waals surface area contributed by atoms with E-state index in [0.29, 0.717) is 16.9 Å². The molecule has 2 aliphatic carbocycles. The van der Waals surface area contributed by atoms with Gasteiger partial charge in [-0.3, -0.25) is 9.79 Å². The molecule has 1 saturated heterocycles. The van der Waals surface area contributed by atoms with E-state index in [-0.39, 0.29) is 5.91 Å². The molecule has 2 saturated carbocycles. The maximum Gasteiger partial charge on any atom is 0.264 e. The zero-order valence-electron chi connectivity index (χ0n) is 12.4. The highest BCUT2D eigenvalue weighted by molar-refractivity contribution is 8.18. The molecule has 116 valence electrons. The van der Waals surface area contributed by atoms with Gasteiger partial charge in [0.2, 0.25) is 0 Å². The maximum absolute atomic E-state index is 12.1. The standard InChI is InChI=1S/C16H19N3OS2/c20-14-13(8-12-9-21-15(17-12)10-6-7-10)22-16(19-14)18-11-4-2-1-3-5-11/h8-11H,1-7H2,(H,18,19,20)/b13-8+. The predicted octanol–water partition coefficient (Wildman–Crippen LogP) is 3.91. The lowest BCUT2D eigenvalue weighted by atomic mass is 9.96. The molecule has 1 amide bonds. The first kappa shape index (κ1) is 14.5. The summed E-state index contributed by atoms with van der Waals surface area (Å²) >= 11 is 3.16. The molecule has 0 aromatic carbocycles. The quantitative estimate of drug-likeness (QED) is 0.853. The molecule has 1 aromatic heterocycles. The Morgan fingerprint density at radius 2 is 2.05 bits per heavy atom. The van der Waals surface area contributed by atoms with E-state index in [0.717, 1.165) is 23.7 Å². The van der Waals surface area contributed by atoms with E-state index >= 15 is 0 Å². The van der Waals surface area contributed by atoms with Gasteiger partial charge in [0.25, 0.3) is 5.91 Å². The van der Waals surface area contributed by atoms with E-state index in [9.17, 15) is 4.79 Å². The molecular formula is C16H19N3OS2. The van der Waals surface area contributed by atoms with Gasteiger partial charge in [-0.05, 0) is 43.5 Å². The van der Waals surface area contributed by atoms with Crippen molar-refractivity contribution < 1.29 is 4.79 Å². The fraction of sp³-hybridized carbons (Fsp3) is 0.562. The summed E-state index contributed by atoms with van der Waals surface area (Å²) in [6.45, 7) is 0. The topological polar surface area (TPSA) is 54.4 Å². The van der Waals surface area contributed by atoms with Gasteiger partial charge in [0.1, 0.15) is 0 Å². The van der Waals surface area contributed by atoms with E-state index in [1.54, 1.807) is 11.3 Å². The Kier molecular flexibility index (Phi) is 4.05. The molecular weight excluding hydrogens is 314 g/mol. The summed E-state index contributed by atoms with van der Waals surface area (Å²) in [6.07, 6.45) is 10.5. The highest BCUT2D eigenvalue weighted by Crippen LogP contribution is 2.41. The van der Waals surface area contributed by atoms with E-state index in [2.05, 4.69) is 10.3 Å². The summed E-state index contributed by atoms with van der Waals surface area (Å²) in [6, 6.07) is 0.386. The number of carbonyl (C=O) groups is 1. The van der Waals surface area contributed by atoms with Crippen molar-refractivity contribution in [2.24, 2.45) is 4.99 Å². The van der Waals surface area contributed by atoms with Crippen LogP contribution in [0.25, 0.3) is 6.08 Å². The van der Waals surface area contributed by atoms with Crippen LogP contribution in [0.15, 0.2) is 15.3 Å². The molecule has 3 fully saturated rings. The lowest BCUT2D eigenvalue weighted by molar-refractivity contribution is -0.115. The number of aromatic nitrogens is 1. The van der Waals surface area contributed by atoms with Crippen LogP contribution in [0.2, 0.25) is 0 Å². The SMILES string of the molecule is O=C1NC(=NC2CCCCC2)S/C1=C/c1csc(C2CC2)n1. The van der Waals surface area contributed by atoms with Gasteiger partial charge in [-0.2, -0.15) is 0 Å². The van der Waals surface area contributed by atoms with Crippen LogP contribution in [0.1, 0.15) is 61.6 Å². The number of thiazole rings is 1. The molecule has 1 aliphatic heterocycles. The van der Waals surface area contributed by atoms with Crippen LogP contribution in [0.3, 0.4) is 0 Å². The molecule has 4 rings (SSSR count). The molecule has 2 heterocycles. The van der Waals surface area contributed by atoms with Crippen LogP contribution in [0, 0.1) is 0 Å². The lowest BCUT2D eigenvalue weighted by Gasteiger charge is -2.17. The number of nitrogens with one attached hydrogen (secondary N) is 1. The minimum absolute atomic E-state index is 0.0412. The van der Waals surface area contributed by atoms with Crippen molar-refractivity contribution in [1.82, 2.24) is 10.3 Å². The minimum atomic E-state index is -0.0412. The first-order chi connectivity index (χ1) is 10.8. The first-order valence-corrected chi connectivity index (χ1v) is 9.72. The molecule has 0 bridgehead atoms. The lowest BCUT2D eigenvalue weighted by Crippen LogP contribution is -2.22. The number of amidine groups is 1. The van der Waals surface area contributed by atoms with Gasteiger partial charge in [0, 0.05) is 11.3 Å². The van der Waals surface area contributed by atoms with Crippen molar-refractivity contribution >= 4 is 40.2 Å². The Bertz CT molecular complexity index is 640. The number of hydrogen-bond donors (Lipinski definition) is 1. The predicted molar refractivity (Wildman–Crippen MR) is 92.1 cm³/mol. The number of nitrogens with zero attached hydrogens (tertiary/aromatic N) is 2. The van der Waals surface area contributed by atoms with E-state index in [1.807, 2.05) is 11.5 Å². The van der Waals surface area contributed by atoms with Crippen molar-refractivity contribution in [3.05, 3.63) is 21.0 Å². The second kappa shape index (κ2) is 6.16. The van der Waals surface area contributed by atoms with Crippen molar-refractivity contribution in [3.8, 4) is 0 Å². The molecule has 22 heavy (non-hydrogen) atoms. The molecule has 0 spiro atoms. The minimum Gasteiger partial charge on any atom is -0.301 e. The van der Waals surface area contributed by atoms with Gasteiger partial charge < -0.3 is 5.32 Å². The molecule has 1 N–H and O–H groups in total. The number of carbonyl (C=O) groups excluding carboxylic acids is 1. The van der Waals surface area contributed by atoms with E-state index < -0.39 is 0 Å². The summed E-state index contributed by atoms with van der Waals surface area (Å²) in [7, 11) is 0. The van der Waals surface area contributed by atoms with Crippen LogP contribution in [0.5, 0.6) is 0 Å². The normalized spacial score (nSPS) is 26.8. The summed E-state index contributed by atoms with van der Waals surface area (Å²) < 4.78 is 0. The fourth-order valence-electron chi connectivity index (χ4n) is 2.88. The third-order valence-electron chi connectivity index (χ3n) is 4.27. The van der Waals surface area contributed by atoms with Crippen molar-refractivity contribution in [2.45, 2.75) is 56.9 Å². The largest absolute Gasteiger partial charge is 0.301 e. The molecule has 0 unspecified atom stereocenters. The van der Waals surface area contributed by atoms with Crippen LogP contribution in [-0.2, 0) is 4.79 Å². The third-order valence-corrected chi connectivity index (χ3v) is 6.22. The number of hydrogen-bond acceptors (Lipinski definition) is 5. The average Bonchev–Trinajstić information content (AvgIpc) is 3.18. The second-order valence-electron chi connectivity index (χ2n) is 6.18. The molecule has 1 aromatic rings. The molecule has 6 heteroatoms. The average molecular weight is 333 g/mol. The summed E-state index contributed by atoms with van der Waals surface area (Å²) in [5.74, 6) is 0.631. The van der Waals surface area contributed by atoms with Crippen LogP contribution < -0.4 is 5.32 Å². The Balaban J connectivity index is 1.46. The second-order valence-corrected chi connectivity index (χ2v) is 8.10. The Morgan fingerprint density at radius 1 is 1.23 bits per heavy atom. The third kappa shape index (κ3) is 3.27. The highest BCUT2D eigenvalue weighted by atomic mass is 32.2. The molecule has 3 aliphatic rings. The van der Waals surface area contributed by atoms with Crippen LogP contribution in [0.4, 0.5) is 0 Å². The number of thioether (sulfide) groups is 1. The highest BCUT2D eigenvalue weighted by Gasteiger charge is 2.28. The molecule has 0 atom stereocenters. The van der Waals surface area contributed by atoms with E-state index in [1.165, 1.54) is 48.9 Å². The van der Waals surface area contributed by atoms with Crippen molar-refractivity contribution in [2.75, 3.05) is 0 Å². The van der Waals surface area contributed by atoms with Gasteiger partial charge >= 0.3 is 0 Å². The number of rotatable bonds is 3. The zero-order chi connectivity index (χ0) is 14.9. The Hall–Kier alpha value is -1.14. The zero-order valence-corrected chi connectivity index (χ0v) is 14.0. The van der Waals surface area contributed by atoms with Crippen molar-refractivity contribution in [1.29, 1.82) is 0 Å². The van der Waals surface area contributed by atoms with Crippen molar-refractivity contribution in [3.63, 3.8) is 0 Å². The Labute approximate surface area is 138 Å². The van der Waals surface area contributed by atoms with Gasteiger partial charge in [0.15, 0.2) is 5.17 Å². The van der Waals surface area contributed by atoms with E-state index in [4.69, 9.17) is 4.99 Å². The van der Waals surface area contributed by atoms with Crippen LogP contribution >= 0.6 is 23.1 Å². The maximum atomic E-state index is 12.1. The molecule has 4 nitrogen and oxygen atoms in total. The smallest absolute Gasteiger partial charge is 0.264 e.